The van der Waals surface area contributed by atoms with Crippen molar-refractivity contribution in [2.24, 2.45) is 0 Å². The van der Waals surface area contributed by atoms with Crippen LogP contribution in [0.25, 0.3) is 0 Å². The zero-order valence-electron chi connectivity index (χ0n) is 13.1. The smallest absolute Gasteiger partial charge is 0.270 e. The number of carbonyl (C=O) groups excluding carboxylic acids is 1. The van der Waals surface area contributed by atoms with Gasteiger partial charge in [-0.25, -0.2) is 0 Å². The van der Waals surface area contributed by atoms with Crippen molar-refractivity contribution in [1.82, 2.24) is 5.32 Å². The normalized spacial score (nSPS) is 10.2. The summed E-state index contributed by atoms with van der Waals surface area (Å²) in [5, 5.41) is 13.5. The number of hydrogen-bond donors (Lipinski definition) is 1. The Kier molecular flexibility index (Phi) is 6.14. The second-order valence-corrected chi connectivity index (χ2v) is 5.50. The van der Waals surface area contributed by atoms with E-state index in [0.717, 1.165) is 24.2 Å². The molecule has 2 aromatic rings. The van der Waals surface area contributed by atoms with E-state index >= 15 is 0 Å². The number of ether oxygens (including phenoxy) is 1. The highest BCUT2D eigenvalue weighted by molar-refractivity contribution is 6.34. The molecule has 0 atom stereocenters. The molecule has 6 nitrogen and oxygen atoms in total. The van der Waals surface area contributed by atoms with Crippen LogP contribution in [0.5, 0.6) is 5.75 Å². The van der Waals surface area contributed by atoms with E-state index < -0.39 is 4.92 Å². The topological polar surface area (TPSA) is 81.5 Å². The quantitative estimate of drug-likeness (QED) is 0.470. The minimum atomic E-state index is -0.555. The summed E-state index contributed by atoms with van der Waals surface area (Å²) in [6.45, 7) is 0.462. The number of methoxy groups -OCH3 is 1. The first-order valence-electron chi connectivity index (χ1n) is 7.37. The van der Waals surface area contributed by atoms with Crippen molar-refractivity contribution in [2.75, 3.05) is 13.7 Å². The molecule has 1 N–H and O–H groups in total. The number of carbonyl (C=O) groups is 1. The number of rotatable bonds is 7. The summed E-state index contributed by atoms with van der Waals surface area (Å²) in [6.07, 6.45) is 1.50. The predicted octanol–water partition coefficient (Wildman–Crippen LogP) is 3.62. The van der Waals surface area contributed by atoms with Gasteiger partial charge in [-0.2, -0.15) is 0 Å². The lowest BCUT2D eigenvalue weighted by molar-refractivity contribution is -0.384. The molecule has 0 saturated carbocycles. The number of nitrogens with zero attached hydrogens (tertiary/aromatic N) is 1. The van der Waals surface area contributed by atoms with Crippen molar-refractivity contribution in [2.45, 2.75) is 12.8 Å². The summed E-state index contributed by atoms with van der Waals surface area (Å²) in [5.74, 6) is 0.470. The number of amides is 1. The number of hydrogen-bond acceptors (Lipinski definition) is 4. The van der Waals surface area contributed by atoms with Gasteiger partial charge in [0.25, 0.3) is 11.6 Å². The van der Waals surface area contributed by atoms with Gasteiger partial charge in [-0.3, -0.25) is 14.9 Å². The summed E-state index contributed by atoms with van der Waals surface area (Å²) >= 11 is 5.93. The van der Waals surface area contributed by atoms with Crippen molar-refractivity contribution in [3.63, 3.8) is 0 Å². The summed E-state index contributed by atoms with van der Waals surface area (Å²) in [7, 11) is 1.62. The van der Waals surface area contributed by atoms with Gasteiger partial charge in [-0.1, -0.05) is 29.8 Å². The second kappa shape index (κ2) is 8.31. The standard InChI is InChI=1S/C17H17ClN2O4/c1-24-16-7-3-2-5-12(16)6-4-10-19-17(21)14-9-8-13(20(22)23)11-15(14)18/h2-3,5,7-9,11H,4,6,10H2,1H3,(H,19,21). The SMILES string of the molecule is COc1ccccc1CCCNC(=O)c1ccc([N+](=O)[O-])cc1Cl. The van der Waals surface area contributed by atoms with Gasteiger partial charge in [0.1, 0.15) is 5.75 Å². The second-order valence-electron chi connectivity index (χ2n) is 5.09. The molecule has 1 amide bonds. The third kappa shape index (κ3) is 4.45. The lowest BCUT2D eigenvalue weighted by atomic mass is 10.1. The number of halogens is 1. The van der Waals surface area contributed by atoms with Crippen molar-refractivity contribution in [3.8, 4) is 5.75 Å². The summed E-state index contributed by atoms with van der Waals surface area (Å²) in [4.78, 5) is 22.2. The van der Waals surface area contributed by atoms with E-state index in [0.29, 0.717) is 6.54 Å². The fraction of sp³-hybridized carbons (Fsp3) is 0.235. The number of para-hydroxylation sites is 1. The van der Waals surface area contributed by atoms with Gasteiger partial charge >= 0.3 is 0 Å². The van der Waals surface area contributed by atoms with Crippen molar-refractivity contribution in [3.05, 3.63) is 68.7 Å². The molecule has 0 aliphatic heterocycles. The Bertz CT molecular complexity index is 749. The summed E-state index contributed by atoms with van der Waals surface area (Å²) in [5.41, 5.74) is 1.15. The first-order valence-corrected chi connectivity index (χ1v) is 7.74. The minimum Gasteiger partial charge on any atom is -0.496 e. The first kappa shape index (κ1) is 17.7. The Morgan fingerprint density at radius 2 is 2.04 bits per heavy atom. The Morgan fingerprint density at radius 1 is 1.29 bits per heavy atom. The lowest BCUT2D eigenvalue weighted by Gasteiger charge is -2.09. The van der Waals surface area contributed by atoms with Crippen LogP contribution >= 0.6 is 11.6 Å². The highest BCUT2D eigenvalue weighted by atomic mass is 35.5. The fourth-order valence-corrected chi connectivity index (χ4v) is 2.55. The van der Waals surface area contributed by atoms with Crippen molar-refractivity contribution in [1.29, 1.82) is 0 Å². The third-order valence-corrected chi connectivity index (χ3v) is 3.82. The van der Waals surface area contributed by atoms with Gasteiger partial charge in [0.05, 0.1) is 22.6 Å². The van der Waals surface area contributed by atoms with Gasteiger partial charge in [-0.15, -0.1) is 0 Å². The van der Waals surface area contributed by atoms with E-state index in [9.17, 15) is 14.9 Å². The molecule has 2 rings (SSSR count). The molecule has 0 aromatic heterocycles. The summed E-state index contributed by atoms with van der Waals surface area (Å²) in [6, 6.07) is 11.5. The number of benzene rings is 2. The Hall–Kier alpha value is -2.60. The Labute approximate surface area is 144 Å². The maximum absolute atomic E-state index is 12.1. The molecule has 126 valence electrons. The van der Waals surface area contributed by atoms with Crippen LogP contribution in [0.1, 0.15) is 22.3 Å². The molecular weight excluding hydrogens is 332 g/mol. The largest absolute Gasteiger partial charge is 0.496 e. The minimum absolute atomic E-state index is 0.0615. The average molecular weight is 349 g/mol. The fourth-order valence-electron chi connectivity index (χ4n) is 2.29. The van der Waals surface area contributed by atoms with Crippen LogP contribution < -0.4 is 10.1 Å². The number of non-ortho nitro benzene ring substituents is 1. The van der Waals surface area contributed by atoms with E-state index in [1.54, 1.807) is 7.11 Å². The van der Waals surface area contributed by atoms with Gasteiger partial charge in [-0.05, 0) is 30.5 Å². The predicted molar refractivity (Wildman–Crippen MR) is 91.8 cm³/mol. The molecule has 0 saturated heterocycles. The molecule has 0 bridgehead atoms. The molecule has 0 spiro atoms. The zero-order chi connectivity index (χ0) is 17.5. The van der Waals surface area contributed by atoms with E-state index in [2.05, 4.69) is 5.32 Å². The maximum Gasteiger partial charge on any atom is 0.270 e. The van der Waals surface area contributed by atoms with Gasteiger partial charge in [0, 0.05) is 18.7 Å². The molecule has 0 heterocycles. The first-order chi connectivity index (χ1) is 11.5. The molecule has 0 fully saturated rings. The molecular formula is C17H17ClN2O4. The highest BCUT2D eigenvalue weighted by Crippen LogP contribution is 2.22. The molecule has 0 aliphatic carbocycles. The zero-order valence-corrected chi connectivity index (χ0v) is 13.9. The molecule has 0 radical (unpaired) electrons. The van der Waals surface area contributed by atoms with Crippen LogP contribution in [0, 0.1) is 10.1 Å². The molecule has 0 aliphatic rings. The molecule has 0 unspecified atom stereocenters. The van der Waals surface area contributed by atoms with Gasteiger partial charge < -0.3 is 10.1 Å². The number of aryl methyl sites for hydroxylation is 1. The Balaban J connectivity index is 1.88. The molecule has 24 heavy (non-hydrogen) atoms. The molecule has 2 aromatic carbocycles. The number of nitro groups is 1. The molecule has 7 heteroatoms. The van der Waals surface area contributed by atoms with E-state index in [-0.39, 0.29) is 22.2 Å². The average Bonchev–Trinajstić information content (AvgIpc) is 2.58. The number of nitro benzene ring substituents is 1. The van der Waals surface area contributed by atoms with E-state index in [1.165, 1.54) is 18.2 Å². The highest BCUT2D eigenvalue weighted by Gasteiger charge is 2.14. The lowest BCUT2D eigenvalue weighted by Crippen LogP contribution is -2.25. The van der Waals surface area contributed by atoms with Gasteiger partial charge in [0.15, 0.2) is 0 Å². The maximum atomic E-state index is 12.1. The van der Waals surface area contributed by atoms with Crippen molar-refractivity contribution < 1.29 is 14.5 Å². The van der Waals surface area contributed by atoms with E-state index in [1.807, 2.05) is 24.3 Å². The Morgan fingerprint density at radius 3 is 2.71 bits per heavy atom. The van der Waals surface area contributed by atoms with Gasteiger partial charge in [0.2, 0.25) is 0 Å². The van der Waals surface area contributed by atoms with Crippen molar-refractivity contribution >= 4 is 23.2 Å². The van der Waals surface area contributed by atoms with Crippen LogP contribution in [0.2, 0.25) is 5.02 Å². The number of nitrogens with one attached hydrogen (secondary N) is 1. The van der Waals surface area contributed by atoms with Crippen LogP contribution in [0.3, 0.4) is 0 Å². The third-order valence-electron chi connectivity index (χ3n) is 3.51. The van der Waals surface area contributed by atoms with Crippen LogP contribution in [0.15, 0.2) is 42.5 Å². The summed E-state index contributed by atoms with van der Waals surface area (Å²) < 4.78 is 5.28. The van der Waals surface area contributed by atoms with E-state index in [4.69, 9.17) is 16.3 Å². The van der Waals surface area contributed by atoms with Crippen LogP contribution in [-0.2, 0) is 6.42 Å². The monoisotopic (exact) mass is 348 g/mol. The van der Waals surface area contributed by atoms with Crippen LogP contribution in [-0.4, -0.2) is 24.5 Å². The van der Waals surface area contributed by atoms with Crippen LogP contribution in [0.4, 0.5) is 5.69 Å².